The van der Waals surface area contributed by atoms with E-state index in [4.69, 9.17) is 0 Å². The SMILES string of the molecule is CCS(=O)(=O)N1CCCC(C(=O)NC2CCCN(S(C)(=O)=O)C2)C1. The van der Waals surface area contributed by atoms with Crippen molar-refractivity contribution in [3.05, 3.63) is 0 Å². The summed E-state index contributed by atoms with van der Waals surface area (Å²) in [5.41, 5.74) is 0. The molecule has 0 aromatic rings. The minimum Gasteiger partial charge on any atom is -0.352 e. The molecule has 2 rings (SSSR count). The highest BCUT2D eigenvalue weighted by Crippen LogP contribution is 2.21. The molecule has 1 amide bonds. The molecule has 140 valence electrons. The summed E-state index contributed by atoms with van der Waals surface area (Å²) in [4.78, 5) is 12.5. The average molecular weight is 382 g/mol. The molecule has 2 saturated heterocycles. The van der Waals surface area contributed by atoms with Crippen LogP contribution in [0.25, 0.3) is 0 Å². The zero-order chi connectivity index (χ0) is 18.0. The van der Waals surface area contributed by atoms with Crippen LogP contribution in [-0.2, 0) is 24.8 Å². The maximum Gasteiger partial charge on any atom is 0.224 e. The van der Waals surface area contributed by atoms with Crippen LogP contribution in [0.4, 0.5) is 0 Å². The number of rotatable bonds is 5. The summed E-state index contributed by atoms with van der Waals surface area (Å²) < 4.78 is 50.0. The van der Waals surface area contributed by atoms with Gasteiger partial charge < -0.3 is 5.32 Å². The van der Waals surface area contributed by atoms with Gasteiger partial charge in [0.15, 0.2) is 0 Å². The predicted molar refractivity (Wildman–Crippen MR) is 91.3 cm³/mol. The first-order valence-electron chi connectivity index (χ1n) is 8.37. The Bertz CT molecular complexity index is 662. The molecule has 0 spiro atoms. The molecule has 0 radical (unpaired) electrons. The molecule has 0 aromatic carbocycles. The second-order valence-electron chi connectivity index (χ2n) is 6.57. The van der Waals surface area contributed by atoms with Crippen molar-refractivity contribution in [2.45, 2.75) is 38.6 Å². The normalized spacial score (nSPS) is 27.8. The Kier molecular flexibility index (Phi) is 6.27. The summed E-state index contributed by atoms with van der Waals surface area (Å²) >= 11 is 0. The molecule has 2 aliphatic rings. The molecule has 2 aliphatic heterocycles. The van der Waals surface area contributed by atoms with E-state index in [1.54, 1.807) is 6.92 Å². The summed E-state index contributed by atoms with van der Waals surface area (Å²) in [6, 6.07) is -0.209. The summed E-state index contributed by atoms with van der Waals surface area (Å²) in [6.07, 6.45) is 3.94. The van der Waals surface area contributed by atoms with E-state index in [1.165, 1.54) is 14.9 Å². The number of nitrogens with one attached hydrogen (secondary N) is 1. The van der Waals surface area contributed by atoms with Crippen molar-refractivity contribution < 1.29 is 21.6 Å². The van der Waals surface area contributed by atoms with Gasteiger partial charge in [-0.1, -0.05) is 0 Å². The van der Waals surface area contributed by atoms with Gasteiger partial charge in [-0.3, -0.25) is 4.79 Å². The fourth-order valence-corrected chi connectivity index (χ4v) is 5.36. The van der Waals surface area contributed by atoms with E-state index in [2.05, 4.69) is 5.32 Å². The molecule has 2 atom stereocenters. The third kappa shape index (κ3) is 4.90. The highest BCUT2D eigenvalue weighted by molar-refractivity contribution is 7.89. The lowest BCUT2D eigenvalue weighted by molar-refractivity contribution is -0.127. The van der Waals surface area contributed by atoms with Gasteiger partial charge >= 0.3 is 0 Å². The standard InChI is InChI=1S/C14H27N3O5S2/c1-3-24(21,22)17-9-4-6-12(10-17)14(18)15-13-7-5-8-16(11-13)23(2,19)20/h12-13H,3-11H2,1-2H3,(H,15,18). The fourth-order valence-electron chi connectivity index (χ4n) is 3.27. The Morgan fingerprint density at radius 3 is 2.29 bits per heavy atom. The van der Waals surface area contributed by atoms with Crippen LogP contribution in [0.3, 0.4) is 0 Å². The van der Waals surface area contributed by atoms with E-state index in [1.807, 2.05) is 0 Å². The van der Waals surface area contributed by atoms with E-state index in [-0.39, 0.29) is 36.7 Å². The van der Waals surface area contributed by atoms with Gasteiger partial charge in [-0.2, -0.15) is 0 Å². The number of hydrogen-bond donors (Lipinski definition) is 1. The molecule has 2 unspecified atom stereocenters. The monoisotopic (exact) mass is 381 g/mol. The molecule has 0 aliphatic carbocycles. The second kappa shape index (κ2) is 7.67. The number of carbonyl (C=O) groups excluding carboxylic acids is 1. The smallest absolute Gasteiger partial charge is 0.224 e. The van der Waals surface area contributed by atoms with Crippen molar-refractivity contribution in [3.8, 4) is 0 Å². The van der Waals surface area contributed by atoms with Crippen molar-refractivity contribution in [2.24, 2.45) is 5.92 Å². The first-order valence-corrected chi connectivity index (χ1v) is 11.8. The van der Waals surface area contributed by atoms with Crippen LogP contribution < -0.4 is 5.32 Å². The van der Waals surface area contributed by atoms with Gasteiger partial charge in [0.2, 0.25) is 26.0 Å². The number of nitrogens with zero attached hydrogens (tertiary/aromatic N) is 2. The van der Waals surface area contributed by atoms with Gasteiger partial charge in [0.1, 0.15) is 0 Å². The third-order valence-electron chi connectivity index (χ3n) is 4.71. The minimum atomic E-state index is -3.28. The molecule has 1 N–H and O–H groups in total. The van der Waals surface area contributed by atoms with Gasteiger partial charge in [-0.15, -0.1) is 0 Å². The van der Waals surface area contributed by atoms with E-state index in [9.17, 15) is 21.6 Å². The zero-order valence-corrected chi connectivity index (χ0v) is 15.9. The maximum absolute atomic E-state index is 12.5. The lowest BCUT2D eigenvalue weighted by atomic mass is 9.97. The van der Waals surface area contributed by atoms with Crippen molar-refractivity contribution in [2.75, 3.05) is 38.2 Å². The van der Waals surface area contributed by atoms with Crippen molar-refractivity contribution in [3.63, 3.8) is 0 Å². The molecule has 10 heteroatoms. The van der Waals surface area contributed by atoms with E-state index in [0.29, 0.717) is 32.4 Å². The van der Waals surface area contributed by atoms with Gasteiger partial charge in [-0.25, -0.2) is 25.4 Å². The van der Waals surface area contributed by atoms with Gasteiger partial charge in [0, 0.05) is 32.2 Å². The highest BCUT2D eigenvalue weighted by atomic mass is 32.2. The molecular formula is C14H27N3O5S2. The summed E-state index contributed by atoms with van der Waals surface area (Å²) in [5.74, 6) is -0.507. The van der Waals surface area contributed by atoms with E-state index >= 15 is 0 Å². The zero-order valence-electron chi connectivity index (χ0n) is 14.3. The summed E-state index contributed by atoms with van der Waals surface area (Å²) in [5, 5.41) is 2.91. The van der Waals surface area contributed by atoms with Crippen molar-refractivity contribution in [1.82, 2.24) is 13.9 Å². The van der Waals surface area contributed by atoms with Crippen LogP contribution in [0, 0.1) is 5.92 Å². The maximum atomic E-state index is 12.5. The fraction of sp³-hybridized carbons (Fsp3) is 0.929. The molecular weight excluding hydrogens is 354 g/mol. The van der Waals surface area contributed by atoms with Crippen molar-refractivity contribution >= 4 is 26.0 Å². The molecule has 0 aromatic heterocycles. The van der Waals surface area contributed by atoms with Crippen LogP contribution in [0.1, 0.15) is 32.6 Å². The molecule has 0 saturated carbocycles. The Hall–Kier alpha value is -0.710. The average Bonchev–Trinajstić information content (AvgIpc) is 2.54. The largest absolute Gasteiger partial charge is 0.352 e. The molecule has 24 heavy (non-hydrogen) atoms. The topological polar surface area (TPSA) is 104 Å². The summed E-state index contributed by atoms with van der Waals surface area (Å²) in [6.45, 7) is 3.04. The van der Waals surface area contributed by atoms with Crippen LogP contribution in [0.15, 0.2) is 0 Å². The van der Waals surface area contributed by atoms with Crippen LogP contribution >= 0.6 is 0 Å². The van der Waals surface area contributed by atoms with Crippen LogP contribution in [-0.4, -0.2) is 75.6 Å². The Balaban J connectivity index is 1.94. The number of carbonyl (C=O) groups is 1. The van der Waals surface area contributed by atoms with E-state index < -0.39 is 20.0 Å². The van der Waals surface area contributed by atoms with Gasteiger partial charge in [0.05, 0.1) is 17.9 Å². The Labute approximate surface area is 144 Å². The lowest BCUT2D eigenvalue weighted by Crippen LogP contribution is -2.52. The van der Waals surface area contributed by atoms with Gasteiger partial charge in [0.25, 0.3) is 0 Å². The minimum absolute atomic E-state index is 0.0350. The first-order chi connectivity index (χ1) is 11.1. The lowest BCUT2D eigenvalue weighted by Gasteiger charge is -2.34. The van der Waals surface area contributed by atoms with Crippen molar-refractivity contribution in [1.29, 1.82) is 0 Å². The second-order valence-corrected chi connectivity index (χ2v) is 10.8. The third-order valence-corrected chi connectivity index (χ3v) is 7.83. The molecule has 0 bridgehead atoms. The quantitative estimate of drug-likeness (QED) is 0.697. The number of hydrogen-bond acceptors (Lipinski definition) is 5. The van der Waals surface area contributed by atoms with E-state index in [0.717, 1.165) is 6.42 Å². The van der Waals surface area contributed by atoms with Crippen LogP contribution in [0.2, 0.25) is 0 Å². The number of amides is 1. The number of sulfonamides is 2. The molecule has 2 fully saturated rings. The summed E-state index contributed by atoms with van der Waals surface area (Å²) in [7, 11) is -6.54. The van der Waals surface area contributed by atoms with Crippen LogP contribution in [0.5, 0.6) is 0 Å². The molecule has 8 nitrogen and oxygen atoms in total. The first kappa shape index (κ1) is 19.6. The van der Waals surface area contributed by atoms with Gasteiger partial charge in [-0.05, 0) is 32.6 Å². The predicted octanol–water partition coefficient (Wildman–Crippen LogP) is -0.412. The Morgan fingerprint density at radius 1 is 1.04 bits per heavy atom. The Morgan fingerprint density at radius 2 is 1.67 bits per heavy atom. The number of piperidine rings is 2. The molecule has 2 heterocycles. The highest BCUT2D eigenvalue weighted by Gasteiger charge is 2.33.